The fourth-order valence-corrected chi connectivity index (χ4v) is 3.09. The van der Waals surface area contributed by atoms with E-state index in [0.717, 1.165) is 15.5 Å². The van der Waals surface area contributed by atoms with Gasteiger partial charge in [-0.3, -0.25) is 4.99 Å². The van der Waals surface area contributed by atoms with Gasteiger partial charge >= 0.3 is 0 Å². The van der Waals surface area contributed by atoms with E-state index in [-0.39, 0.29) is 0 Å². The van der Waals surface area contributed by atoms with E-state index < -0.39 is 10.0 Å². The summed E-state index contributed by atoms with van der Waals surface area (Å²) in [4.78, 5) is 5.30. The minimum Gasteiger partial charge on any atom is -0.286 e. The van der Waals surface area contributed by atoms with E-state index in [9.17, 15) is 8.42 Å². The van der Waals surface area contributed by atoms with Crippen LogP contribution < -0.4 is 0 Å². The van der Waals surface area contributed by atoms with Crippen LogP contribution >= 0.6 is 11.8 Å². The first-order chi connectivity index (χ1) is 8.28. The van der Waals surface area contributed by atoms with Crippen molar-refractivity contribution in [1.29, 1.82) is 0 Å². The fourth-order valence-electron chi connectivity index (χ4n) is 1.27. The van der Waals surface area contributed by atoms with E-state index in [1.54, 1.807) is 19.2 Å². The van der Waals surface area contributed by atoms with Gasteiger partial charge in [-0.2, -0.15) is 0 Å². The molecular weight excluding hydrogens is 268 g/mol. The van der Waals surface area contributed by atoms with Crippen LogP contribution in [0.4, 0.5) is 0 Å². The van der Waals surface area contributed by atoms with Crippen molar-refractivity contribution in [3.05, 3.63) is 23.8 Å². The van der Waals surface area contributed by atoms with Gasteiger partial charge in [0.25, 0.3) is 0 Å². The molecule has 0 bridgehead atoms. The standard InChI is InChI=1S/C12H18N2O2S2/c1-9-6-7-11(18(15,16)14(4)5)8-12(9)17-10(2)13-3/h6-8H,1-5H3/b13-10+. The molecule has 1 aromatic rings. The zero-order valence-electron chi connectivity index (χ0n) is 11.3. The highest BCUT2D eigenvalue weighted by Crippen LogP contribution is 2.27. The van der Waals surface area contributed by atoms with Gasteiger partial charge in [0.2, 0.25) is 10.0 Å². The lowest BCUT2D eigenvalue weighted by Crippen LogP contribution is -2.22. The second-order valence-corrected chi connectivity index (χ2v) is 7.45. The van der Waals surface area contributed by atoms with Crippen molar-refractivity contribution < 1.29 is 8.42 Å². The Kier molecular flexibility index (Phi) is 4.95. The minimum absolute atomic E-state index is 0.310. The van der Waals surface area contributed by atoms with Gasteiger partial charge in [-0.15, -0.1) is 0 Å². The summed E-state index contributed by atoms with van der Waals surface area (Å²) in [5.41, 5.74) is 1.04. The van der Waals surface area contributed by atoms with Crippen LogP contribution in [0.3, 0.4) is 0 Å². The van der Waals surface area contributed by atoms with Gasteiger partial charge in [-0.25, -0.2) is 12.7 Å². The molecule has 0 heterocycles. The number of rotatable bonds is 3. The molecule has 0 aliphatic heterocycles. The van der Waals surface area contributed by atoms with Crippen LogP contribution in [-0.2, 0) is 10.0 Å². The predicted octanol–water partition coefficient (Wildman–Crippen LogP) is 2.39. The molecule has 0 unspecified atom stereocenters. The molecule has 1 aromatic carbocycles. The Labute approximate surface area is 113 Å². The summed E-state index contributed by atoms with van der Waals surface area (Å²) < 4.78 is 25.3. The highest BCUT2D eigenvalue weighted by molar-refractivity contribution is 8.14. The summed E-state index contributed by atoms with van der Waals surface area (Å²) in [6, 6.07) is 5.15. The first kappa shape index (κ1) is 15.2. The number of hydrogen-bond acceptors (Lipinski definition) is 4. The summed E-state index contributed by atoms with van der Waals surface area (Å²) in [5.74, 6) is 0. The summed E-state index contributed by atoms with van der Waals surface area (Å²) in [7, 11) is 1.40. The summed E-state index contributed by atoms with van der Waals surface area (Å²) in [5, 5.41) is 0.900. The monoisotopic (exact) mass is 286 g/mol. The number of sulfonamides is 1. The Morgan fingerprint density at radius 3 is 2.44 bits per heavy atom. The quantitative estimate of drug-likeness (QED) is 0.487. The maximum atomic E-state index is 12.0. The van der Waals surface area contributed by atoms with Crippen molar-refractivity contribution in [3.8, 4) is 0 Å². The molecule has 0 saturated carbocycles. The normalized spacial score (nSPS) is 13.1. The van der Waals surface area contributed by atoms with Gasteiger partial charge in [-0.05, 0) is 31.5 Å². The van der Waals surface area contributed by atoms with E-state index >= 15 is 0 Å². The van der Waals surface area contributed by atoms with Crippen LogP contribution in [0.25, 0.3) is 0 Å². The molecular formula is C12H18N2O2S2. The first-order valence-electron chi connectivity index (χ1n) is 5.43. The van der Waals surface area contributed by atoms with Crippen LogP contribution in [0.2, 0.25) is 0 Å². The largest absolute Gasteiger partial charge is 0.286 e. The second kappa shape index (κ2) is 5.86. The number of thioether (sulfide) groups is 1. The Bertz CT molecular complexity index is 563. The van der Waals surface area contributed by atoms with Crippen molar-refractivity contribution in [3.63, 3.8) is 0 Å². The topological polar surface area (TPSA) is 49.7 Å². The SMILES string of the molecule is C/N=C(\C)Sc1cc(S(=O)(=O)N(C)C)ccc1C. The number of benzene rings is 1. The van der Waals surface area contributed by atoms with E-state index in [4.69, 9.17) is 0 Å². The van der Waals surface area contributed by atoms with Crippen molar-refractivity contribution in [2.75, 3.05) is 21.1 Å². The third-order valence-electron chi connectivity index (χ3n) is 2.51. The lowest BCUT2D eigenvalue weighted by Gasteiger charge is -2.13. The third-order valence-corrected chi connectivity index (χ3v) is 5.46. The van der Waals surface area contributed by atoms with E-state index in [0.29, 0.717) is 4.90 Å². The van der Waals surface area contributed by atoms with Gasteiger partial charge in [0.1, 0.15) is 0 Å². The molecule has 0 aromatic heterocycles. The third kappa shape index (κ3) is 3.34. The van der Waals surface area contributed by atoms with Crippen molar-refractivity contribution in [2.24, 2.45) is 4.99 Å². The maximum absolute atomic E-state index is 12.0. The Balaban J connectivity index is 3.24. The minimum atomic E-state index is -3.38. The smallest absolute Gasteiger partial charge is 0.242 e. The molecule has 4 nitrogen and oxygen atoms in total. The Hall–Kier alpha value is -0.850. The van der Waals surface area contributed by atoms with Gasteiger partial charge in [-0.1, -0.05) is 17.8 Å². The lowest BCUT2D eigenvalue weighted by atomic mass is 10.2. The van der Waals surface area contributed by atoms with Crippen molar-refractivity contribution in [2.45, 2.75) is 23.6 Å². The number of hydrogen-bond donors (Lipinski definition) is 0. The highest BCUT2D eigenvalue weighted by atomic mass is 32.2. The number of aliphatic imine (C=N–C) groups is 1. The van der Waals surface area contributed by atoms with Crippen LogP contribution in [0.5, 0.6) is 0 Å². The van der Waals surface area contributed by atoms with Crippen LogP contribution in [0.1, 0.15) is 12.5 Å². The Morgan fingerprint density at radius 2 is 1.94 bits per heavy atom. The van der Waals surface area contributed by atoms with Crippen LogP contribution in [0.15, 0.2) is 33.0 Å². The molecule has 18 heavy (non-hydrogen) atoms. The summed E-state index contributed by atoms with van der Waals surface area (Å²) >= 11 is 1.48. The molecule has 0 amide bonds. The van der Waals surface area contributed by atoms with Gasteiger partial charge < -0.3 is 0 Å². The molecule has 6 heteroatoms. The van der Waals surface area contributed by atoms with E-state index in [2.05, 4.69) is 4.99 Å². The number of aryl methyl sites for hydroxylation is 1. The average molecular weight is 286 g/mol. The van der Waals surface area contributed by atoms with E-state index in [1.807, 2.05) is 19.9 Å². The number of nitrogens with zero attached hydrogens (tertiary/aromatic N) is 2. The summed E-state index contributed by atoms with van der Waals surface area (Å²) in [6.45, 7) is 3.86. The van der Waals surface area contributed by atoms with Gasteiger partial charge in [0, 0.05) is 26.0 Å². The molecule has 0 saturated heterocycles. The zero-order chi connectivity index (χ0) is 13.9. The lowest BCUT2D eigenvalue weighted by molar-refractivity contribution is 0.520. The molecule has 0 radical (unpaired) electrons. The predicted molar refractivity (Wildman–Crippen MR) is 76.9 cm³/mol. The molecule has 1 rings (SSSR count). The molecule has 0 N–H and O–H groups in total. The second-order valence-electron chi connectivity index (χ2n) is 4.06. The molecule has 0 spiro atoms. The fraction of sp³-hybridized carbons (Fsp3) is 0.417. The zero-order valence-corrected chi connectivity index (χ0v) is 12.9. The maximum Gasteiger partial charge on any atom is 0.242 e. The van der Waals surface area contributed by atoms with E-state index in [1.165, 1.54) is 30.2 Å². The van der Waals surface area contributed by atoms with Crippen molar-refractivity contribution >= 4 is 26.8 Å². The Morgan fingerprint density at radius 1 is 1.33 bits per heavy atom. The van der Waals surface area contributed by atoms with Crippen LogP contribution in [-0.4, -0.2) is 38.9 Å². The summed E-state index contributed by atoms with van der Waals surface area (Å²) in [6.07, 6.45) is 0. The molecule has 0 fully saturated rings. The molecule has 100 valence electrons. The van der Waals surface area contributed by atoms with Gasteiger partial charge in [0.15, 0.2) is 0 Å². The van der Waals surface area contributed by atoms with Crippen molar-refractivity contribution in [1.82, 2.24) is 4.31 Å². The average Bonchev–Trinajstić information content (AvgIpc) is 2.31. The first-order valence-corrected chi connectivity index (χ1v) is 7.69. The molecule has 0 atom stereocenters. The molecule has 0 aliphatic rings. The van der Waals surface area contributed by atoms with Gasteiger partial charge in [0.05, 0.1) is 9.94 Å². The highest BCUT2D eigenvalue weighted by Gasteiger charge is 2.18. The molecule has 0 aliphatic carbocycles. The van der Waals surface area contributed by atoms with Crippen LogP contribution in [0, 0.1) is 6.92 Å².